The van der Waals surface area contributed by atoms with Crippen LogP contribution in [-0.4, -0.2) is 77.6 Å². The number of pyridine rings is 1. The van der Waals surface area contributed by atoms with Crippen LogP contribution in [0.2, 0.25) is 25.7 Å². The fourth-order valence-corrected chi connectivity index (χ4v) is 6.18. The number of allylic oxidation sites excluding steroid dienone is 1. The van der Waals surface area contributed by atoms with Gasteiger partial charge in [-0.15, -0.1) is 11.8 Å². The van der Waals surface area contributed by atoms with Crippen molar-refractivity contribution in [1.82, 2.24) is 20.9 Å². The standard InChI is InChI=1S/C34H55N5O6SSi/c1-11-12-13-15-24(20-27(40)44-18-19-47(8,9)10)37-29(41)28(23(2)3)38-31(42)34(7)22-46-30(39-34)26-17-14-16-25(36-26)21-35-32(43)45-33(4,5)6/h13-17,23-24,28H,11-12,18-22H2,1-10H3,(H,35,43)(H,37,41)(H,38,42)/b15-13+/t24?,28?,34-/m0/s1. The maximum absolute atomic E-state index is 13.6. The van der Waals surface area contributed by atoms with E-state index in [4.69, 9.17) is 14.5 Å². The summed E-state index contributed by atoms with van der Waals surface area (Å²) in [5.74, 6) is -0.968. The molecule has 1 aliphatic heterocycles. The topological polar surface area (TPSA) is 148 Å². The van der Waals surface area contributed by atoms with Crippen LogP contribution in [0.4, 0.5) is 4.79 Å². The zero-order chi connectivity index (χ0) is 35.4. The first-order valence-corrected chi connectivity index (χ1v) is 21.1. The Morgan fingerprint density at radius 3 is 2.45 bits per heavy atom. The van der Waals surface area contributed by atoms with E-state index in [2.05, 4.69) is 47.5 Å². The molecule has 1 aromatic heterocycles. The molecule has 0 saturated heterocycles. The molecule has 0 aromatic carbocycles. The minimum absolute atomic E-state index is 0.0117. The third kappa shape index (κ3) is 14.6. The van der Waals surface area contributed by atoms with Crippen LogP contribution in [0.5, 0.6) is 0 Å². The SMILES string of the molecule is CCC/C=C/C(CC(=O)OCC[Si](C)(C)C)NC(=O)C(NC(=O)[C@]1(C)CSC(c2cccc(CNC(=O)OC(C)(C)C)n2)=N1)C(C)C. The molecule has 3 N–H and O–H groups in total. The number of aliphatic imine (C=N–C) groups is 1. The molecular formula is C34H55N5O6SSi. The summed E-state index contributed by atoms with van der Waals surface area (Å²) in [6, 6.07) is 4.89. The zero-order valence-electron chi connectivity index (χ0n) is 29.8. The van der Waals surface area contributed by atoms with Crippen molar-refractivity contribution in [2.24, 2.45) is 10.9 Å². The molecule has 1 aliphatic rings. The molecule has 2 rings (SSSR count). The van der Waals surface area contributed by atoms with Gasteiger partial charge in [0.2, 0.25) is 11.8 Å². The van der Waals surface area contributed by atoms with Crippen molar-refractivity contribution in [3.05, 3.63) is 41.7 Å². The van der Waals surface area contributed by atoms with E-state index in [1.165, 1.54) is 11.8 Å². The van der Waals surface area contributed by atoms with Crippen LogP contribution in [0.3, 0.4) is 0 Å². The number of carbonyl (C=O) groups excluding carboxylic acids is 4. The van der Waals surface area contributed by atoms with Crippen LogP contribution in [0.1, 0.15) is 79.1 Å². The first-order chi connectivity index (χ1) is 21.8. The molecule has 13 heteroatoms. The van der Waals surface area contributed by atoms with Crippen LogP contribution in [0.15, 0.2) is 35.3 Å². The third-order valence-corrected chi connectivity index (χ3v) is 10.0. The van der Waals surface area contributed by atoms with E-state index in [1.807, 2.05) is 32.1 Å². The Morgan fingerprint density at radius 1 is 1.13 bits per heavy atom. The van der Waals surface area contributed by atoms with Crippen LogP contribution >= 0.6 is 11.8 Å². The number of carbonyl (C=O) groups is 4. The second-order valence-electron chi connectivity index (χ2n) is 14.6. The first kappa shape index (κ1) is 40.0. The number of unbranched alkanes of at least 4 members (excludes halogenated alkanes) is 1. The van der Waals surface area contributed by atoms with Crippen molar-refractivity contribution in [1.29, 1.82) is 0 Å². The number of hydrogen-bond donors (Lipinski definition) is 3. The van der Waals surface area contributed by atoms with Gasteiger partial charge in [-0.05, 0) is 58.2 Å². The molecule has 0 radical (unpaired) electrons. The lowest BCUT2D eigenvalue weighted by Gasteiger charge is -2.27. The molecule has 0 saturated carbocycles. The first-order valence-electron chi connectivity index (χ1n) is 16.4. The smallest absolute Gasteiger partial charge is 0.407 e. The highest BCUT2D eigenvalue weighted by atomic mass is 32.2. The Bertz CT molecular complexity index is 1310. The van der Waals surface area contributed by atoms with Gasteiger partial charge in [-0.1, -0.05) is 65.1 Å². The van der Waals surface area contributed by atoms with Gasteiger partial charge in [0.25, 0.3) is 0 Å². The van der Waals surface area contributed by atoms with Gasteiger partial charge >= 0.3 is 12.1 Å². The maximum Gasteiger partial charge on any atom is 0.407 e. The molecule has 2 unspecified atom stereocenters. The molecule has 3 amide bonds. The van der Waals surface area contributed by atoms with E-state index in [1.54, 1.807) is 39.8 Å². The summed E-state index contributed by atoms with van der Waals surface area (Å²) in [6.07, 6.45) is 5.01. The Kier molecular flexibility index (Phi) is 15.2. The number of thioether (sulfide) groups is 1. The number of nitrogens with one attached hydrogen (secondary N) is 3. The zero-order valence-corrected chi connectivity index (χ0v) is 31.6. The van der Waals surface area contributed by atoms with E-state index < -0.39 is 37.4 Å². The van der Waals surface area contributed by atoms with Gasteiger partial charge in [-0.25, -0.2) is 9.78 Å². The lowest BCUT2D eigenvalue weighted by atomic mass is 9.99. The Morgan fingerprint density at radius 2 is 1.83 bits per heavy atom. The highest BCUT2D eigenvalue weighted by Crippen LogP contribution is 2.31. The van der Waals surface area contributed by atoms with Crippen molar-refractivity contribution in [2.45, 2.75) is 123 Å². The normalized spacial score (nSPS) is 18.0. The van der Waals surface area contributed by atoms with Gasteiger partial charge in [-0.3, -0.25) is 19.4 Å². The van der Waals surface area contributed by atoms with Crippen molar-refractivity contribution < 1.29 is 28.7 Å². The number of amides is 3. The third-order valence-electron chi connectivity index (χ3n) is 7.05. The van der Waals surface area contributed by atoms with E-state index in [0.717, 1.165) is 18.9 Å². The molecule has 0 aliphatic carbocycles. The van der Waals surface area contributed by atoms with Crippen molar-refractivity contribution in [2.75, 3.05) is 12.4 Å². The fourth-order valence-electron chi connectivity index (χ4n) is 4.33. The second kappa shape index (κ2) is 17.8. The number of hydrogen-bond acceptors (Lipinski definition) is 9. The van der Waals surface area contributed by atoms with Crippen LogP contribution in [0.25, 0.3) is 0 Å². The largest absolute Gasteiger partial charge is 0.466 e. The second-order valence-corrected chi connectivity index (χ2v) is 21.2. The fraction of sp³-hybridized carbons (Fsp3) is 0.647. The molecular weight excluding hydrogens is 635 g/mol. The van der Waals surface area contributed by atoms with Crippen LogP contribution < -0.4 is 16.0 Å². The maximum atomic E-state index is 13.6. The molecule has 262 valence electrons. The molecule has 2 heterocycles. The summed E-state index contributed by atoms with van der Waals surface area (Å²) >= 11 is 1.41. The molecule has 0 spiro atoms. The number of nitrogens with zero attached hydrogens (tertiary/aromatic N) is 2. The minimum Gasteiger partial charge on any atom is -0.466 e. The number of aromatic nitrogens is 1. The predicted octanol–water partition coefficient (Wildman–Crippen LogP) is 5.61. The average molecular weight is 690 g/mol. The number of esters is 1. The Labute approximate surface area is 285 Å². The van der Waals surface area contributed by atoms with Crippen LogP contribution in [-0.2, 0) is 30.4 Å². The molecule has 11 nitrogen and oxygen atoms in total. The molecule has 1 aromatic rings. The monoisotopic (exact) mass is 689 g/mol. The van der Waals surface area contributed by atoms with Gasteiger partial charge in [-0.2, -0.15) is 0 Å². The van der Waals surface area contributed by atoms with Gasteiger partial charge < -0.3 is 25.4 Å². The number of ether oxygens (including phenoxy) is 2. The van der Waals surface area contributed by atoms with E-state index >= 15 is 0 Å². The quantitative estimate of drug-likeness (QED) is 0.115. The lowest BCUT2D eigenvalue weighted by molar-refractivity contribution is -0.143. The predicted molar refractivity (Wildman–Crippen MR) is 191 cm³/mol. The average Bonchev–Trinajstić information content (AvgIpc) is 3.36. The summed E-state index contributed by atoms with van der Waals surface area (Å²) in [5, 5.41) is 9.18. The molecule has 0 fully saturated rings. The van der Waals surface area contributed by atoms with E-state index in [9.17, 15) is 19.2 Å². The van der Waals surface area contributed by atoms with E-state index in [0.29, 0.717) is 28.8 Å². The summed E-state index contributed by atoms with van der Waals surface area (Å²) in [4.78, 5) is 61.2. The van der Waals surface area contributed by atoms with Crippen LogP contribution in [0, 0.1) is 5.92 Å². The lowest BCUT2D eigenvalue weighted by Crippen LogP contribution is -2.56. The Balaban J connectivity index is 2.10. The van der Waals surface area contributed by atoms with Crippen molar-refractivity contribution in [3.63, 3.8) is 0 Å². The van der Waals surface area contributed by atoms with Crippen molar-refractivity contribution in [3.8, 4) is 0 Å². The highest BCUT2D eigenvalue weighted by Gasteiger charge is 2.41. The van der Waals surface area contributed by atoms with E-state index in [-0.39, 0.29) is 36.7 Å². The molecule has 3 atom stereocenters. The van der Waals surface area contributed by atoms with Gasteiger partial charge in [0.05, 0.1) is 37.0 Å². The van der Waals surface area contributed by atoms with Crippen molar-refractivity contribution >= 4 is 48.8 Å². The van der Waals surface area contributed by atoms with Gasteiger partial charge in [0, 0.05) is 13.8 Å². The summed E-state index contributed by atoms with van der Waals surface area (Å²) in [5.41, 5.74) is -0.524. The summed E-state index contributed by atoms with van der Waals surface area (Å²) in [7, 11) is -1.35. The number of rotatable bonds is 16. The minimum atomic E-state index is -1.35. The highest BCUT2D eigenvalue weighted by molar-refractivity contribution is 8.14. The Hall–Kier alpha value is -3.19. The molecule has 0 bridgehead atoms. The van der Waals surface area contributed by atoms with Gasteiger partial charge in [0.1, 0.15) is 22.2 Å². The summed E-state index contributed by atoms with van der Waals surface area (Å²) in [6.45, 7) is 20.1. The van der Waals surface area contributed by atoms with Gasteiger partial charge in [0.15, 0.2) is 0 Å². The summed E-state index contributed by atoms with van der Waals surface area (Å²) < 4.78 is 10.8. The molecule has 47 heavy (non-hydrogen) atoms. The number of alkyl carbamates (subject to hydrolysis) is 1.